The van der Waals surface area contributed by atoms with Crippen LogP contribution in [0.5, 0.6) is 0 Å². The number of carbonyl (C=O) groups excluding carboxylic acids is 1. The third-order valence-corrected chi connectivity index (χ3v) is 4.68. The van der Waals surface area contributed by atoms with Crippen molar-refractivity contribution in [2.45, 2.75) is 6.54 Å². The van der Waals surface area contributed by atoms with Crippen LogP contribution in [0.2, 0.25) is 0 Å². The van der Waals surface area contributed by atoms with Gasteiger partial charge in [-0.25, -0.2) is 4.98 Å². The van der Waals surface area contributed by atoms with E-state index >= 15 is 0 Å². The number of imidazole rings is 1. The van der Waals surface area contributed by atoms with Crippen molar-refractivity contribution in [2.75, 3.05) is 38.2 Å². The highest BCUT2D eigenvalue weighted by atomic mass is 16.5. The molecule has 8 heteroatoms. The maximum atomic E-state index is 12.6. The zero-order chi connectivity index (χ0) is 17.9. The van der Waals surface area contributed by atoms with Gasteiger partial charge in [-0.2, -0.15) is 5.10 Å². The average molecular weight is 354 g/mol. The van der Waals surface area contributed by atoms with Crippen LogP contribution >= 0.6 is 0 Å². The van der Waals surface area contributed by atoms with Gasteiger partial charge >= 0.3 is 0 Å². The van der Waals surface area contributed by atoms with E-state index in [0.29, 0.717) is 11.6 Å². The van der Waals surface area contributed by atoms with Crippen LogP contribution < -0.4 is 5.32 Å². The Kier molecular flexibility index (Phi) is 4.68. The largest absolute Gasteiger partial charge is 0.379 e. The second-order valence-electron chi connectivity index (χ2n) is 6.32. The average Bonchev–Trinajstić information content (AvgIpc) is 3.24. The van der Waals surface area contributed by atoms with Crippen LogP contribution in [-0.4, -0.2) is 63.0 Å². The number of ether oxygens (including phenoxy) is 1. The molecule has 3 heterocycles. The van der Waals surface area contributed by atoms with Gasteiger partial charge in [-0.05, 0) is 18.2 Å². The van der Waals surface area contributed by atoms with E-state index in [0.717, 1.165) is 50.4 Å². The standard InChI is InChI=1S/C18H22N6O2/c1-22-16(6-7-19-22)17(25)21-18-20-14-4-2-3-5-15(14)24(18)9-8-23-10-12-26-13-11-23/h2-7H,8-13H2,1H3,(H,20,21,25). The van der Waals surface area contributed by atoms with E-state index in [9.17, 15) is 4.79 Å². The Hall–Kier alpha value is -2.71. The van der Waals surface area contributed by atoms with Crippen molar-refractivity contribution < 1.29 is 9.53 Å². The van der Waals surface area contributed by atoms with Crippen LogP contribution in [0.1, 0.15) is 10.5 Å². The molecule has 26 heavy (non-hydrogen) atoms. The Labute approximate surface area is 151 Å². The molecule has 1 N–H and O–H groups in total. The first kappa shape index (κ1) is 16.7. The van der Waals surface area contributed by atoms with Gasteiger partial charge in [0.05, 0.1) is 24.2 Å². The van der Waals surface area contributed by atoms with Crippen LogP contribution in [0.4, 0.5) is 5.95 Å². The van der Waals surface area contributed by atoms with E-state index in [4.69, 9.17) is 4.74 Å². The third kappa shape index (κ3) is 3.33. The lowest BCUT2D eigenvalue weighted by Gasteiger charge is -2.26. The Morgan fingerprint density at radius 2 is 2.00 bits per heavy atom. The van der Waals surface area contributed by atoms with Crippen LogP contribution in [0.15, 0.2) is 36.5 Å². The molecule has 0 saturated carbocycles. The fourth-order valence-corrected chi connectivity index (χ4v) is 3.23. The van der Waals surface area contributed by atoms with Crippen molar-refractivity contribution in [1.29, 1.82) is 0 Å². The SMILES string of the molecule is Cn1nccc1C(=O)Nc1nc2ccccc2n1CCN1CCOCC1. The number of carbonyl (C=O) groups is 1. The molecule has 1 aliphatic heterocycles. The zero-order valence-corrected chi connectivity index (χ0v) is 14.8. The fraction of sp³-hybridized carbons (Fsp3) is 0.389. The molecule has 1 saturated heterocycles. The Bertz CT molecular complexity index is 909. The molecule has 0 spiro atoms. The van der Waals surface area contributed by atoms with Crippen molar-refractivity contribution in [2.24, 2.45) is 7.05 Å². The Balaban J connectivity index is 1.58. The van der Waals surface area contributed by atoms with E-state index < -0.39 is 0 Å². The zero-order valence-electron chi connectivity index (χ0n) is 14.8. The van der Waals surface area contributed by atoms with E-state index in [1.165, 1.54) is 0 Å². The molecule has 4 rings (SSSR count). The number of amides is 1. The first-order chi connectivity index (χ1) is 12.7. The highest BCUT2D eigenvalue weighted by Gasteiger charge is 2.17. The van der Waals surface area contributed by atoms with Gasteiger partial charge in [0.2, 0.25) is 5.95 Å². The summed E-state index contributed by atoms with van der Waals surface area (Å²) in [7, 11) is 1.75. The summed E-state index contributed by atoms with van der Waals surface area (Å²) in [6.07, 6.45) is 1.61. The van der Waals surface area contributed by atoms with Crippen molar-refractivity contribution >= 4 is 22.9 Å². The van der Waals surface area contributed by atoms with Gasteiger partial charge in [0.25, 0.3) is 5.91 Å². The number of para-hydroxylation sites is 2. The minimum absolute atomic E-state index is 0.215. The molecular weight excluding hydrogens is 332 g/mol. The quantitative estimate of drug-likeness (QED) is 0.748. The molecule has 1 fully saturated rings. The van der Waals surface area contributed by atoms with Crippen molar-refractivity contribution in [3.63, 3.8) is 0 Å². The number of fused-ring (bicyclic) bond motifs is 1. The van der Waals surface area contributed by atoms with Crippen LogP contribution in [0.25, 0.3) is 11.0 Å². The first-order valence-electron chi connectivity index (χ1n) is 8.77. The number of hydrogen-bond acceptors (Lipinski definition) is 5. The Morgan fingerprint density at radius 1 is 1.19 bits per heavy atom. The van der Waals surface area contributed by atoms with E-state index in [1.807, 2.05) is 24.3 Å². The van der Waals surface area contributed by atoms with Gasteiger partial charge in [0.15, 0.2) is 0 Å². The monoisotopic (exact) mass is 354 g/mol. The lowest BCUT2D eigenvalue weighted by molar-refractivity contribution is 0.0366. The van der Waals surface area contributed by atoms with E-state index in [1.54, 1.807) is 24.0 Å². The lowest BCUT2D eigenvalue weighted by atomic mass is 10.3. The normalized spacial score (nSPS) is 15.4. The summed E-state index contributed by atoms with van der Waals surface area (Å²) in [4.78, 5) is 19.6. The maximum Gasteiger partial charge on any atom is 0.276 e. The number of benzene rings is 1. The molecule has 0 unspecified atom stereocenters. The molecule has 0 bridgehead atoms. The number of anilines is 1. The summed E-state index contributed by atoms with van der Waals surface area (Å²) >= 11 is 0. The second-order valence-corrected chi connectivity index (χ2v) is 6.32. The first-order valence-corrected chi connectivity index (χ1v) is 8.77. The van der Waals surface area contributed by atoms with Crippen molar-refractivity contribution in [1.82, 2.24) is 24.2 Å². The number of nitrogens with one attached hydrogen (secondary N) is 1. The van der Waals surface area contributed by atoms with Crippen molar-refractivity contribution in [3.8, 4) is 0 Å². The predicted octanol–water partition coefficient (Wildman–Crippen LogP) is 1.35. The van der Waals surface area contributed by atoms with Crippen LogP contribution in [0.3, 0.4) is 0 Å². The number of rotatable bonds is 5. The van der Waals surface area contributed by atoms with Gasteiger partial charge in [-0.1, -0.05) is 12.1 Å². The summed E-state index contributed by atoms with van der Waals surface area (Å²) in [5.41, 5.74) is 2.38. The van der Waals surface area contributed by atoms with Gasteiger partial charge in [0, 0.05) is 39.4 Å². The summed E-state index contributed by atoms with van der Waals surface area (Å²) in [5, 5.41) is 6.99. The van der Waals surface area contributed by atoms with Gasteiger partial charge in [-0.15, -0.1) is 0 Å². The molecule has 0 atom stereocenters. The fourth-order valence-electron chi connectivity index (χ4n) is 3.23. The van der Waals surface area contributed by atoms with Crippen molar-refractivity contribution in [3.05, 3.63) is 42.2 Å². The topological polar surface area (TPSA) is 77.2 Å². The number of hydrogen-bond donors (Lipinski definition) is 1. The molecule has 2 aromatic heterocycles. The minimum atomic E-state index is -0.215. The molecule has 1 aliphatic rings. The van der Waals surface area contributed by atoms with Crippen LogP contribution in [0, 0.1) is 0 Å². The summed E-state index contributed by atoms with van der Waals surface area (Å²) in [6, 6.07) is 9.62. The second kappa shape index (κ2) is 7.27. The number of aromatic nitrogens is 4. The molecule has 0 radical (unpaired) electrons. The molecule has 3 aromatic rings. The summed E-state index contributed by atoms with van der Waals surface area (Å²) in [5.74, 6) is 0.346. The lowest BCUT2D eigenvalue weighted by Crippen LogP contribution is -2.38. The smallest absolute Gasteiger partial charge is 0.276 e. The minimum Gasteiger partial charge on any atom is -0.379 e. The van der Waals surface area contributed by atoms with Gasteiger partial charge in [-0.3, -0.25) is 19.7 Å². The van der Waals surface area contributed by atoms with Gasteiger partial charge in [0.1, 0.15) is 5.69 Å². The van der Waals surface area contributed by atoms with Gasteiger partial charge < -0.3 is 9.30 Å². The summed E-state index contributed by atoms with van der Waals surface area (Å²) < 4.78 is 9.03. The third-order valence-electron chi connectivity index (χ3n) is 4.68. The highest BCUT2D eigenvalue weighted by molar-refractivity contribution is 6.02. The number of nitrogens with zero attached hydrogens (tertiary/aromatic N) is 5. The molecule has 0 aliphatic carbocycles. The molecule has 136 valence electrons. The van der Waals surface area contributed by atoms with E-state index in [-0.39, 0.29) is 5.91 Å². The highest BCUT2D eigenvalue weighted by Crippen LogP contribution is 2.20. The predicted molar refractivity (Wildman–Crippen MR) is 98.2 cm³/mol. The Morgan fingerprint density at radius 3 is 2.77 bits per heavy atom. The number of morpholine rings is 1. The van der Waals surface area contributed by atoms with Crippen LogP contribution in [-0.2, 0) is 18.3 Å². The van der Waals surface area contributed by atoms with E-state index in [2.05, 4.69) is 24.9 Å². The molecular formula is C18H22N6O2. The molecule has 8 nitrogen and oxygen atoms in total. The molecule has 1 aromatic carbocycles. The molecule has 1 amide bonds. The maximum absolute atomic E-state index is 12.6. The summed E-state index contributed by atoms with van der Waals surface area (Å²) in [6.45, 7) is 5.05. The number of aryl methyl sites for hydroxylation is 1.